The lowest BCUT2D eigenvalue weighted by molar-refractivity contribution is -0.138. The van der Waals surface area contributed by atoms with E-state index < -0.39 is 0 Å². The van der Waals surface area contributed by atoms with Crippen LogP contribution in [0.2, 0.25) is 5.02 Å². The van der Waals surface area contributed by atoms with E-state index in [-0.39, 0.29) is 18.6 Å². The normalized spacial score (nSPS) is 17.9. The molecular weight excluding hydrogens is 326 g/mol. The van der Waals surface area contributed by atoms with Crippen molar-refractivity contribution in [3.63, 3.8) is 0 Å². The van der Waals surface area contributed by atoms with E-state index in [4.69, 9.17) is 16.3 Å². The molecule has 1 aliphatic rings. The van der Waals surface area contributed by atoms with Crippen LogP contribution in [0.25, 0.3) is 0 Å². The van der Waals surface area contributed by atoms with E-state index in [1.54, 1.807) is 0 Å². The maximum absolute atomic E-state index is 12.4. The van der Waals surface area contributed by atoms with E-state index in [2.05, 4.69) is 5.10 Å². The van der Waals surface area contributed by atoms with Crippen molar-refractivity contribution in [3.05, 3.63) is 52.8 Å². The predicted octanol–water partition coefficient (Wildman–Crippen LogP) is 3.23. The van der Waals surface area contributed by atoms with Gasteiger partial charge in [0.2, 0.25) is 5.91 Å². The summed E-state index contributed by atoms with van der Waals surface area (Å²) in [4.78, 5) is 14.3. The number of aromatic nitrogens is 2. The van der Waals surface area contributed by atoms with E-state index in [1.807, 2.05) is 53.2 Å². The predicted molar refractivity (Wildman–Crippen MR) is 92.9 cm³/mol. The number of carbonyl (C=O) groups excluding carboxylic acids is 1. The second-order valence-electron chi connectivity index (χ2n) is 6.22. The van der Waals surface area contributed by atoms with E-state index in [9.17, 15) is 4.79 Å². The number of carbonyl (C=O) groups is 1. The molecule has 5 nitrogen and oxygen atoms in total. The van der Waals surface area contributed by atoms with Gasteiger partial charge in [-0.15, -0.1) is 0 Å². The largest absolute Gasteiger partial charge is 0.367 e. The van der Waals surface area contributed by atoms with Gasteiger partial charge in [0.05, 0.1) is 18.8 Å². The highest BCUT2D eigenvalue weighted by atomic mass is 35.5. The minimum absolute atomic E-state index is 0.0237. The van der Waals surface area contributed by atoms with Gasteiger partial charge in [0.25, 0.3) is 0 Å². The molecule has 128 valence electrons. The number of ether oxygens (including phenoxy) is 1. The third kappa shape index (κ3) is 4.16. The number of rotatable bonds is 5. The summed E-state index contributed by atoms with van der Waals surface area (Å²) >= 11 is 6.09. The Hall–Kier alpha value is -1.85. The van der Waals surface area contributed by atoms with Gasteiger partial charge in [-0.05, 0) is 37.0 Å². The maximum Gasteiger partial charge on any atom is 0.248 e. The first-order chi connectivity index (χ1) is 11.6. The molecule has 1 aromatic carbocycles. The number of hydrogen-bond acceptors (Lipinski definition) is 3. The van der Waals surface area contributed by atoms with Crippen LogP contribution >= 0.6 is 11.6 Å². The quantitative estimate of drug-likeness (QED) is 0.834. The standard InChI is InChI=1S/C18H22ClN3O2/c1-14-9-20-22(10-14)16-6-4-8-21(11-16)18(23)13-24-12-15-5-2-3-7-17(15)19/h2-3,5,7,9-10,16H,4,6,8,11-13H2,1H3/t16-/m0/s1. The van der Waals surface area contributed by atoms with Crippen molar-refractivity contribution in [2.24, 2.45) is 0 Å². The van der Waals surface area contributed by atoms with Crippen LogP contribution < -0.4 is 0 Å². The maximum atomic E-state index is 12.4. The average molecular weight is 348 g/mol. The highest BCUT2D eigenvalue weighted by molar-refractivity contribution is 6.31. The van der Waals surface area contributed by atoms with Crippen LogP contribution in [0.5, 0.6) is 0 Å². The summed E-state index contributed by atoms with van der Waals surface area (Å²) in [5.74, 6) is 0.0237. The summed E-state index contributed by atoms with van der Waals surface area (Å²) in [7, 11) is 0. The number of aryl methyl sites for hydroxylation is 1. The molecule has 1 aromatic heterocycles. The Labute approximate surface area is 147 Å². The van der Waals surface area contributed by atoms with E-state index >= 15 is 0 Å². The van der Waals surface area contributed by atoms with Crippen LogP contribution in [0, 0.1) is 6.92 Å². The van der Waals surface area contributed by atoms with Gasteiger partial charge < -0.3 is 9.64 Å². The first-order valence-corrected chi connectivity index (χ1v) is 8.61. The lowest BCUT2D eigenvalue weighted by Gasteiger charge is -2.32. The van der Waals surface area contributed by atoms with Gasteiger partial charge in [0, 0.05) is 24.3 Å². The van der Waals surface area contributed by atoms with Crippen LogP contribution in [-0.4, -0.2) is 40.3 Å². The van der Waals surface area contributed by atoms with Gasteiger partial charge in [-0.3, -0.25) is 9.48 Å². The lowest BCUT2D eigenvalue weighted by atomic mass is 10.1. The smallest absolute Gasteiger partial charge is 0.248 e. The molecule has 24 heavy (non-hydrogen) atoms. The van der Waals surface area contributed by atoms with Gasteiger partial charge in [-0.1, -0.05) is 29.8 Å². The van der Waals surface area contributed by atoms with Crippen LogP contribution in [0.15, 0.2) is 36.7 Å². The fraction of sp³-hybridized carbons (Fsp3) is 0.444. The molecule has 1 fully saturated rings. The number of amides is 1. The number of piperidine rings is 1. The first kappa shape index (κ1) is 17.0. The van der Waals surface area contributed by atoms with Crippen molar-refractivity contribution in [3.8, 4) is 0 Å². The van der Waals surface area contributed by atoms with Crippen LogP contribution in [-0.2, 0) is 16.1 Å². The number of halogens is 1. The van der Waals surface area contributed by atoms with Crippen molar-refractivity contribution < 1.29 is 9.53 Å². The Morgan fingerprint density at radius 3 is 3.00 bits per heavy atom. The Bertz CT molecular complexity index is 701. The molecule has 1 amide bonds. The Balaban J connectivity index is 1.50. The number of hydrogen-bond donors (Lipinski definition) is 0. The molecule has 0 saturated carbocycles. The zero-order chi connectivity index (χ0) is 16.9. The van der Waals surface area contributed by atoms with Crippen LogP contribution in [0.1, 0.15) is 30.0 Å². The van der Waals surface area contributed by atoms with Crippen molar-refractivity contribution in [1.29, 1.82) is 0 Å². The van der Waals surface area contributed by atoms with Crippen molar-refractivity contribution in [2.45, 2.75) is 32.4 Å². The van der Waals surface area contributed by atoms with Gasteiger partial charge in [0.1, 0.15) is 6.61 Å². The zero-order valence-electron chi connectivity index (χ0n) is 13.8. The number of likely N-dealkylation sites (tertiary alicyclic amines) is 1. The molecule has 0 unspecified atom stereocenters. The van der Waals surface area contributed by atoms with Gasteiger partial charge in [0.15, 0.2) is 0 Å². The van der Waals surface area contributed by atoms with Crippen molar-refractivity contribution in [1.82, 2.24) is 14.7 Å². The van der Waals surface area contributed by atoms with Crippen molar-refractivity contribution >= 4 is 17.5 Å². The summed E-state index contributed by atoms with van der Waals surface area (Å²) in [5, 5.41) is 5.04. The monoisotopic (exact) mass is 347 g/mol. The third-order valence-corrected chi connectivity index (χ3v) is 4.66. The molecule has 0 bridgehead atoms. The topological polar surface area (TPSA) is 47.4 Å². The van der Waals surface area contributed by atoms with Gasteiger partial charge in [-0.25, -0.2) is 0 Å². The third-order valence-electron chi connectivity index (χ3n) is 4.29. The first-order valence-electron chi connectivity index (χ1n) is 8.23. The molecule has 0 N–H and O–H groups in total. The Kier molecular flexibility index (Phi) is 5.53. The van der Waals surface area contributed by atoms with Gasteiger partial charge in [-0.2, -0.15) is 5.10 Å². The van der Waals surface area contributed by atoms with E-state index in [0.717, 1.165) is 30.5 Å². The minimum Gasteiger partial charge on any atom is -0.367 e. The molecule has 0 aliphatic carbocycles. The molecule has 1 aliphatic heterocycles. The average Bonchev–Trinajstić information content (AvgIpc) is 3.03. The van der Waals surface area contributed by atoms with Crippen LogP contribution in [0.3, 0.4) is 0 Å². The molecule has 1 atom stereocenters. The van der Waals surface area contributed by atoms with Crippen LogP contribution in [0.4, 0.5) is 0 Å². The molecular formula is C18H22ClN3O2. The van der Waals surface area contributed by atoms with Crippen molar-refractivity contribution in [2.75, 3.05) is 19.7 Å². The second kappa shape index (κ2) is 7.81. The molecule has 2 aromatic rings. The molecule has 0 spiro atoms. The SMILES string of the molecule is Cc1cnn([C@H]2CCCN(C(=O)COCc3ccccc3Cl)C2)c1. The molecule has 3 rings (SSSR count). The molecule has 6 heteroatoms. The molecule has 0 radical (unpaired) electrons. The zero-order valence-corrected chi connectivity index (χ0v) is 14.6. The Morgan fingerprint density at radius 1 is 1.42 bits per heavy atom. The highest BCUT2D eigenvalue weighted by Gasteiger charge is 2.25. The Morgan fingerprint density at radius 2 is 2.25 bits per heavy atom. The number of nitrogens with zero attached hydrogens (tertiary/aromatic N) is 3. The highest BCUT2D eigenvalue weighted by Crippen LogP contribution is 2.21. The summed E-state index contributed by atoms with van der Waals surface area (Å²) in [5.41, 5.74) is 2.04. The fourth-order valence-corrected chi connectivity index (χ4v) is 3.18. The summed E-state index contributed by atoms with van der Waals surface area (Å²) in [6.07, 6.45) is 5.92. The summed E-state index contributed by atoms with van der Waals surface area (Å²) in [6.45, 7) is 3.93. The fourth-order valence-electron chi connectivity index (χ4n) is 2.98. The van der Waals surface area contributed by atoms with E-state index in [1.165, 1.54) is 0 Å². The molecule has 2 heterocycles. The summed E-state index contributed by atoms with van der Waals surface area (Å²) < 4.78 is 7.53. The van der Waals surface area contributed by atoms with Gasteiger partial charge >= 0.3 is 0 Å². The van der Waals surface area contributed by atoms with E-state index in [0.29, 0.717) is 18.2 Å². The lowest BCUT2D eigenvalue weighted by Crippen LogP contribution is -2.42. The number of benzene rings is 1. The second-order valence-corrected chi connectivity index (χ2v) is 6.62. The molecule has 1 saturated heterocycles. The summed E-state index contributed by atoms with van der Waals surface area (Å²) in [6, 6.07) is 7.77. The minimum atomic E-state index is 0.0237.